The molecule has 0 atom stereocenters. The van der Waals surface area contributed by atoms with Crippen LogP contribution >= 0.6 is 0 Å². The van der Waals surface area contributed by atoms with Crippen molar-refractivity contribution in [2.75, 3.05) is 35.2 Å². The Morgan fingerprint density at radius 3 is 2.34 bits per heavy atom. The first kappa shape index (κ1) is 22.2. The fraction of sp³-hybridized carbons (Fsp3) is 0.462. The van der Waals surface area contributed by atoms with Crippen LogP contribution in [-0.2, 0) is 4.79 Å². The average molecular weight is 435 g/mol. The lowest BCUT2D eigenvalue weighted by Crippen LogP contribution is -2.36. The summed E-state index contributed by atoms with van der Waals surface area (Å²) in [5.41, 5.74) is 4.48. The van der Waals surface area contributed by atoms with Crippen LogP contribution in [0.2, 0.25) is 0 Å². The van der Waals surface area contributed by atoms with Crippen LogP contribution in [0.15, 0.2) is 42.5 Å². The predicted octanol–water partition coefficient (Wildman–Crippen LogP) is 4.71. The maximum absolute atomic E-state index is 12.6. The first-order chi connectivity index (χ1) is 15.6. The Kier molecular flexibility index (Phi) is 7.30. The van der Waals surface area contributed by atoms with Crippen LogP contribution in [0, 0.1) is 6.92 Å². The van der Waals surface area contributed by atoms with Crippen LogP contribution in [0.1, 0.15) is 60.9 Å². The van der Waals surface area contributed by atoms with Crippen molar-refractivity contribution in [3.05, 3.63) is 53.6 Å². The van der Waals surface area contributed by atoms with Crippen molar-refractivity contribution in [3.8, 4) is 0 Å². The summed E-state index contributed by atoms with van der Waals surface area (Å²) in [6.07, 6.45) is 8.28. The van der Waals surface area contributed by atoms with E-state index in [-0.39, 0.29) is 18.4 Å². The summed E-state index contributed by atoms with van der Waals surface area (Å²) in [5, 5.41) is 9.28. The molecule has 1 aliphatic carbocycles. The minimum Gasteiger partial charge on any atom is -0.376 e. The van der Waals surface area contributed by atoms with Gasteiger partial charge in [0.25, 0.3) is 5.91 Å². The summed E-state index contributed by atoms with van der Waals surface area (Å²) in [6, 6.07) is 13.9. The fourth-order valence-electron chi connectivity index (χ4n) is 4.63. The third-order valence-electron chi connectivity index (χ3n) is 6.49. The van der Waals surface area contributed by atoms with Crippen molar-refractivity contribution >= 4 is 28.9 Å². The third kappa shape index (κ3) is 5.81. The molecule has 2 fully saturated rings. The van der Waals surface area contributed by atoms with E-state index >= 15 is 0 Å². The molecule has 4 rings (SSSR count). The molecular weight excluding hydrogens is 400 g/mol. The standard InChI is InChI=1S/C26H34N4O2/c1-19-17-20(26(32)29-21-7-3-2-4-8-21)9-14-24(19)27-18-25(31)28-22-10-12-23(13-11-22)30-15-5-6-16-30/h9-14,17,21,27H,2-8,15-16,18H2,1H3,(H,28,31)(H,29,32). The first-order valence-electron chi connectivity index (χ1n) is 11.9. The van der Waals surface area contributed by atoms with E-state index in [9.17, 15) is 9.59 Å². The van der Waals surface area contributed by atoms with Gasteiger partial charge in [-0.25, -0.2) is 0 Å². The molecule has 2 aliphatic rings. The topological polar surface area (TPSA) is 73.5 Å². The van der Waals surface area contributed by atoms with Crippen molar-refractivity contribution in [3.63, 3.8) is 0 Å². The van der Waals surface area contributed by atoms with Gasteiger partial charge in [0.1, 0.15) is 0 Å². The van der Waals surface area contributed by atoms with E-state index in [0.717, 1.165) is 42.9 Å². The van der Waals surface area contributed by atoms with Gasteiger partial charge < -0.3 is 20.9 Å². The molecule has 0 aromatic heterocycles. The molecular formula is C26H34N4O2. The molecule has 2 aromatic carbocycles. The molecule has 0 radical (unpaired) electrons. The number of hydrogen-bond donors (Lipinski definition) is 3. The minimum absolute atomic E-state index is 0.0123. The minimum atomic E-state index is -0.0996. The second-order valence-electron chi connectivity index (χ2n) is 8.98. The summed E-state index contributed by atoms with van der Waals surface area (Å²) in [5.74, 6) is -0.112. The number of carbonyl (C=O) groups is 2. The van der Waals surface area contributed by atoms with Gasteiger partial charge >= 0.3 is 0 Å². The number of carbonyl (C=O) groups excluding carboxylic acids is 2. The Hall–Kier alpha value is -3.02. The molecule has 6 heteroatoms. The van der Waals surface area contributed by atoms with Crippen molar-refractivity contribution < 1.29 is 9.59 Å². The van der Waals surface area contributed by atoms with E-state index in [1.165, 1.54) is 37.8 Å². The van der Waals surface area contributed by atoms with Gasteiger partial charge in [-0.05, 0) is 80.6 Å². The average Bonchev–Trinajstić information content (AvgIpc) is 3.34. The Labute approximate surface area is 190 Å². The van der Waals surface area contributed by atoms with Crippen LogP contribution in [0.5, 0.6) is 0 Å². The summed E-state index contributed by atoms with van der Waals surface area (Å²) < 4.78 is 0. The maximum Gasteiger partial charge on any atom is 0.251 e. The number of amides is 2. The lowest BCUT2D eigenvalue weighted by molar-refractivity contribution is -0.114. The van der Waals surface area contributed by atoms with E-state index < -0.39 is 0 Å². The Balaban J connectivity index is 1.26. The Morgan fingerprint density at radius 1 is 0.938 bits per heavy atom. The SMILES string of the molecule is Cc1cc(C(=O)NC2CCCCC2)ccc1NCC(=O)Nc1ccc(N2CCCC2)cc1. The number of aryl methyl sites for hydroxylation is 1. The summed E-state index contributed by atoms with van der Waals surface area (Å²) >= 11 is 0. The van der Waals surface area contributed by atoms with Gasteiger partial charge in [0.05, 0.1) is 6.54 Å². The molecule has 170 valence electrons. The second-order valence-corrected chi connectivity index (χ2v) is 8.98. The van der Waals surface area contributed by atoms with E-state index in [4.69, 9.17) is 0 Å². The van der Waals surface area contributed by atoms with Crippen LogP contribution in [0.3, 0.4) is 0 Å². The quantitative estimate of drug-likeness (QED) is 0.590. The molecule has 1 saturated carbocycles. The zero-order valence-corrected chi connectivity index (χ0v) is 19.0. The van der Waals surface area contributed by atoms with Crippen LogP contribution in [0.4, 0.5) is 17.1 Å². The van der Waals surface area contributed by atoms with E-state index in [2.05, 4.69) is 33.0 Å². The highest BCUT2D eigenvalue weighted by molar-refractivity contribution is 5.96. The van der Waals surface area contributed by atoms with Gasteiger partial charge in [-0.3, -0.25) is 9.59 Å². The highest BCUT2D eigenvalue weighted by Crippen LogP contribution is 2.22. The number of hydrogen-bond acceptors (Lipinski definition) is 4. The summed E-state index contributed by atoms with van der Waals surface area (Å²) in [4.78, 5) is 27.3. The number of nitrogens with zero attached hydrogens (tertiary/aromatic N) is 1. The van der Waals surface area contributed by atoms with Crippen LogP contribution < -0.4 is 20.9 Å². The molecule has 0 spiro atoms. The van der Waals surface area contributed by atoms with E-state index in [1.54, 1.807) is 0 Å². The van der Waals surface area contributed by atoms with Gasteiger partial charge in [-0.1, -0.05) is 19.3 Å². The van der Waals surface area contributed by atoms with Gasteiger partial charge in [0, 0.05) is 41.8 Å². The molecule has 2 amide bonds. The van der Waals surface area contributed by atoms with Gasteiger partial charge in [-0.2, -0.15) is 0 Å². The molecule has 1 heterocycles. The molecule has 1 aliphatic heterocycles. The number of rotatable bonds is 7. The lowest BCUT2D eigenvalue weighted by Gasteiger charge is -2.23. The van der Waals surface area contributed by atoms with Crippen molar-refractivity contribution in [2.24, 2.45) is 0 Å². The first-order valence-corrected chi connectivity index (χ1v) is 11.9. The largest absolute Gasteiger partial charge is 0.376 e. The summed E-state index contributed by atoms with van der Waals surface area (Å²) in [6.45, 7) is 4.34. The summed E-state index contributed by atoms with van der Waals surface area (Å²) in [7, 11) is 0. The monoisotopic (exact) mass is 434 g/mol. The molecule has 1 saturated heterocycles. The Morgan fingerprint density at radius 2 is 1.66 bits per heavy atom. The van der Waals surface area contributed by atoms with Crippen molar-refractivity contribution in [1.29, 1.82) is 0 Å². The zero-order valence-electron chi connectivity index (χ0n) is 19.0. The molecule has 0 bridgehead atoms. The van der Waals surface area contributed by atoms with Gasteiger partial charge in [0.2, 0.25) is 5.91 Å². The highest BCUT2D eigenvalue weighted by Gasteiger charge is 2.17. The molecule has 6 nitrogen and oxygen atoms in total. The van der Waals surface area contributed by atoms with E-state index in [1.807, 2.05) is 37.3 Å². The number of nitrogens with one attached hydrogen (secondary N) is 3. The molecule has 32 heavy (non-hydrogen) atoms. The molecule has 2 aromatic rings. The predicted molar refractivity (Wildman–Crippen MR) is 131 cm³/mol. The number of anilines is 3. The Bertz CT molecular complexity index is 929. The van der Waals surface area contributed by atoms with Gasteiger partial charge in [0.15, 0.2) is 0 Å². The zero-order chi connectivity index (χ0) is 22.3. The normalized spacial score (nSPS) is 16.6. The maximum atomic E-state index is 12.6. The van der Waals surface area contributed by atoms with E-state index in [0.29, 0.717) is 11.6 Å². The fourth-order valence-corrected chi connectivity index (χ4v) is 4.63. The molecule has 3 N–H and O–H groups in total. The van der Waals surface area contributed by atoms with Crippen molar-refractivity contribution in [1.82, 2.24) is 5.32 Å². The highest BCUT2D eigenvalue weighted by atomic mass is 16.2. The van der Waals surface area contributed by atoms with Gasteiger partial charge in [-0.15, -0.1) is 0 Å². The lowest BCUT2D eigenvalue weighted by atomic mass is 9.95. The smallest absolute Gasteiger partial charge is 0.251 e. The number of benzene rings is 2. The van der Waals surface area contributed by atoms with Crippen LogP contribution in [0.25, 0.3) is 0 Å². The van der Waals surface area contributed by atoms with Crippen molar-refractivity contribution in [2.45, 2.75) is 57.9 Å². The third-order valence-corrected chi connectivity index (χ3v) is 6.49. The second kappa shape index (κ2) is 10.5. The molecule has 0 unspecified atom stereocenters. The van der Waals surface area contributed by atoms with Crippen LogP contribution in [-0.4, -0.2) is 37.5 Å².